The first-order valence-electron chi connectivity index (χ1n) is 6.17. The van der Waals surface area contributed by atoms with Crippen LogP contribution in [-0.4, -0.2) is 25.3 Å². The van der Waals surface area contributed by atoms with Crippen molar-refractivity contribution in [2.24, 2.45) is 14.1 Å². The summed E-state index contributed by atoms with van der Waals surface area (Å²) in [4.78, 5) is 11.1. The van der Waals surface area contributed by atoms with E-state index in [-0.39, 0.29) is 11.4 Å². The lowest BCUT2D eigenvalue weighted by Gasteiger charge is -2.05. The van der Waals surface area contributed by atoms with Gasteiger partial charge in [-0.25, -0.2) is 4.79 Å². The van der Waals surface area contributed by atoms with Crippen molar-refractivity contribution in [3.05, 3.63) is 42.2 Å². The van der Waals surface area contributed by atoms with Crippen molar-refractivity contribution >= 4 is 16.9 Å². The van der Waals surface area contributed by atoms with E-state index in [0.717, 1.165) is 22.2 Å². The van der Waals surface area contributed by atoms with Gasteiger partial charge in [0.2, 0.25) is 0 Å². The van der Waals surface area contributed by atoms with Crippen molar-refractivity contribution < 1.29 is 15.0 Å². The molecule has 0 unspecified atom stereocenters. The number of phenolic OH excluding ortho intramolecular Hbond substituents is 1. The third-order valence-electron chi connectivity index (χ3n) is 3.61. The predicted octanol–water partition coefficient (Wildman–Crippen LogP) is 2.59. The monoisotopic (exact) mass is 270 g/mol. The fraction of sp³-hybridized carbons (Fsp3) is 0.133. The maximum Gasteiger partial charge on any atom is 0.352 e. The topological polar surface area (TPSA) is 67.4 Å². The number of aromatic nitrogens is 2. The fourth-order valence-corrected chi connectivity index (χ4v) is 2.62. The molecule has 0 saturated carbocycles. The zero-order valence-corrected chi connectivity index (χ0v) is 11.2. The Morgan fingerprint density at radius 2 is 1.90 bits per heavy atom. The van der Waals surface area contributed by atoms with E-state index in [1.54, 1.807) is 35.9 Å². The van der Waals surface area contributed by atoms with E-state index < -0.39 is 5.97 Å². The molecule has 0 amide bonds. The van der Waals surface area contributed by atoms with Crippen LogP contribution in [0.25, 0.3) is 22.2 Å². The van der Waals surface area contributed by atoms with Gasteiger partial charge in [0.15, 0.2) is 0 Å². The van der Waals surface area contributed by atoms with Crippen LogP contribution < -0.4 is 0 Å². The molecule has 2 N–H and O–H groups in total. The fourth-order valence-electron chi connectivity index (χ4n) is 2.62. The molecular weight excluding hydrogens is 256 g/mol. The number of carboxylic acids is 1. The van der Waals surface area contributed by atoms with Crippen LogP contribution in [0.4, 0.5) is 0 Å². The van der Waals surface area contributed by atoms with Gasteiger partial charge in [-0.2, -0.15) is 0 Å². The molecule has 5 nitrogen and oxygen atoms in total. The number of carbonyl (C=O) groups is 1. The number of aromatic hydroxyl groups is 1. The van der Waals surface area contributed by atoms with Gasteiger partial charge in [0.1, 0.15) is 11.4 Å². The molecule has 1 aromatic carbocycles. The molecule has 0 aliphatic rings. The van der Waals surface area contributed by atoms with Gasteiger partial charge >= 0.3 is 5.97 Å². The van der Waals surface area contributed by atoms with E-state index in [4.69, 9.17) is 5.11 Å². The van der Waals surface area contributed by atoms with E-state index in [0.29, 0.717) is 0 Å². The minimum atomic E-state index is -0.969. The van der Waals surface area contributed by atoms with Crippen LogP contribution in [0.3, 0.4) is 0 Å². The summed E-state index contributed by atoms with van der Waals surface area (Å²) in [5.74, 6) is -0.778. The standard InChI is InChI=1S/C15H14N2O3/c1-16-8-9(14-11(16)4-3-5-13(14)18)10-6-7-12(15(19)20)17(10)2/h3-8,18H,1-2H3,(H,19,20). The van der Waals surface area contributed by atoms with Crippen molar-refractivity contribution in [2.75, 3.05) is 0 Å². The highest BCUT2D eigenvalue weighted by molar-refractivity contribution is 6.00. The zero-order valence-electron chi connectivity index (χ0n) is 11.2. The molecule has 0 aliphatic heterocycles. The first-order valence-corrected chi connectivity index (χ1v) is 6.17. The number of phenols is 1. The minimum Gasteiger partial charge on any atom is -0.507 e. The molecule has 0 saturated heterocycles. The summed E-state index contributed by atoms with van der Waals surface area (Å²) in [5, 5.41) is 19.9. The Morgan fingerprint density at radius 3 is 2.55 bits per heavy atom. The number of nitrogens with zero attached hydrogens (tertiary/aromatic N) is 2. The third-order valence-corrected chi connectivity index (χ3v) is 3.61. The van der Waals surface area contributed by atoms with Gasteiger partial charge in [0.05, 0.1) is 16.6 Å². The number of benzene rings is 1. The van der Waals surface area contributed by atoms with Gasteiger partial charge in [-0.15, -0.1) is 0 Å². The molecule has 3 aromatic rings. The molecule has 2 aromatic heterocycles. The first kappa shape index (κ1) is 12.3. The van der Waals surface area contributed by atoms with Crippen molar-refractivity contribution in [1.29, 1.82) is 0 Å². The minimum absolute atomic E-state index is 0.191. The number of rotatable bonds is 2. The maximum absolute atomic E-state index is 11.1. The van der Waals surface area contributed by atoms with Crippen molar-refractivity contribution in [3.8, 4) is 17.0 Å². The lowest BCUT2D eigenvalue weighted by atomic mass is 10.1. The molecule has 3 rings (SSSR count). The predicted molar refractivity (Wildman–Crippen MR) is 76.0 cm³/mol. The third kappa shape index (κ3) is 1.60. The lowest BCUT2D eigenvalue weighted by Crippen LogP contribution is -2.04. The Hall–Kier alpha value is -2.69. The second kappa shape index (κ2) is 4.16. The van der Waals surface area contributed by atoms with Gasteiger partial charge in [-0.05, 0) is 24.3 Å². The van der Waals surface area contributed by atoms with E-state index in [2.05, 4.69) is 0 Å². The van der Waals surface area contributed by atoms with Crippen LogP contribution in [-0.2, 0) is 14.1 Å². The Morgan fingerprint density at radius 1 is 1.15 bits per heavy atom. The van der Waals surface area contributed by atoms with Gasteiger partial charge < -0.3 is 19.3 Å². The Bertz CT molecular complexity index is 827. The van der Waals surface area contributed by atoms with Crippen LogP contribution >= 0.6 is 0 Å². The molecule has 0 aliphatic carbocycles. The smallest absolute Gasteiger partial charge is 0.352 e. The zero-order chi connectivity index (χ0) is 14.4. The highest BCUT2D eigenvalue weighted by Crippen LogP contribution is 2.36. The second-order valence-electron chi connectivity index (χ2n) is 4.79. The van der Waals surface area contributed by atoms with Crippen molar-refractivity contribution in [1.82, 2.24) is 9.13 Å². The lowest BCUT2D eigenvalue weighted by molar-refractivity contribution is 0.0687. The normalized spacial score (nSPS) is 11.1. The number of hydrogen-bond donors (Lipinski definition) is 2. The van der Waals surface area contributed by atoms with Crippen molar-refractivity contribution in [2.45, 2.75) is 0 Å². The van der Waals surface area contributed by atoms with Crippen LogP contribution in [0.1, 0.15) is 10.5 Å². The summed E-state index contributed by atoms with van der Waals surface area (Å²) >= 11 is 0. The Labute approximate surface area is 115 Å². The number of hydrogen-bond acceptors (Lipinski definition) is 2. The van der Waals surface area contributed by atoms with Gasteiger partial charge in [0, 0.05) is 25.9 Å². The molecule has 20 heavy (non-hydrogen) atoms. The van der Waals surface area contributed by atoms with Crippen molar-refractivity contribution in [3.63, 3.8) is 0 Å². The average molecular weight is 270 g/mol. The van der Waals surface area contributed by atoms with Gasteiger partial charge in [-0.1, -0.05) is 6.07 Å². The van der Waals surface area contributed by atoms with E-state index in [1.165, 1.54) is 0 Å². The van der Waals surface area contributed by atoms with E-state index in [9.17, 15) is 9.90 Å². The SMILES string of the molecule is Cn1c(C(=O)O)ccc1-c1cn(C)c2cccc(O)c12. The largest absolute Gasteiger partial charge is 0.507 e. The van der Waals surface area contributed by atoms with Crippen LogP contribution in [0, 0.1) is 0 Å². The summed E-state index contributed by atoms with van der Waals surface area (Å²) in [5.41, 5.74) is 2.69. The number of carboxylic acid groups (broad SMARTS) is 1. The van der Waals surface area contributed by atoms with Gasteiger partial charge in [0.25, 0.3) is 0 Å². The second-order valence-corrected chi connectivity index (χ2v) is 4.79. The van der Waals surface area contributed by atoms with Gasteiger partial charge in [-0.3, -0.25) is 0 Å². The summed E-state index contributed by atoms with van der Waals surface area (Å²) in [7, 11) is 3.60. The Balaban J connectivity index is 2.33. The highest BCUT2D eigenvalue weighted by Gasteiger charge is 2.17. The average Bonchev–Trinajstić information content (AvgIpc) is 2.92. The quantitative estimate of drug-likeness (QED) is 0.752. The first-order chi connectivity index (χ1) is 9.50. The number of fused-ring (bicyclic) bond motifs is 1. The molecular formula is C15H14N2O3. The molecule has 0 bridgehead atoms. The molecule has 0 radical (unpaired) electrons. The summed E-state index contributed by atoms with van der Waals surface area (Å²) in [6.07, 6.45) is 1.89. The summed E-state index contributed by atoms with van der Waals surface area (Å²) in [6, 6.07) is 8.66. The molecule has 0 fully saturated rings. The Kier molecular flexibility index (Phi) is 2.57. The summed E-state index contributed by atoms with van der Waals surface area (Å²) < 4.78 is 3.53. The van der Waals surface area contributed by atoms with E-state index in [1.807, 2.05) is 23.9 Å². The highest BCUT2D eigenvalue weighted by atomic mass is 16.4. The maximum atomic E-state index is 11.1. The molecule has 0 atom stereocenters. The molecule has 2 heterocycles. The van der Waals surface area contributed by atoms with E-state index >= 15 is 0 Å². The summed E-state index contributed by atoms with van der Waals surface area (Å²) in [6.45, 7) is 0. The molecule has 102 valence electrons. The molecule has 0 spiro atoms. The number of aryl methyl sites for hydroxylation is 1. The molecule has 5 heteroatoms. The number of aromatic carboxylic acids is 1. The van der Waals surface area contributed by atoms with Crippen LogP contribution in [0.15, 0.2) is 36.5 Å². The van der Waals surface area contributed by atoms with Crippen LogP contribution in [0.5, 0.6) is 5.75 Å². The van der Waals surface area contributed by atoms with Crippen LogP contribution in [0.2, 0.25) is 0 Å².